The van der Waals surface area contributed by atoms with Crippen LogP contribution in [0.4, 0.5) is 13.2 Å². The molecule has 4 rings (SSSR count). The van der Waals surface area contributed by atoms with Crippen LogP contribution < -0.4 is 0 Å². The van der Waals surface area contributed by atoms with Crippen molar-refractivity contribution in [1.82, 2.24) is 19.7 Å². The number of morpholine rings is 1. The second-order valence-corrected chi connectivity index (χ2v) is 7.02. The van der Waals surface area contributed by atoms with E-state index in [1.165, 1.54) is 16.8 Å². The van der Waals surface area contributed by atoms with Crippen LogP contribution in [0.1, 0.15) is 23.1 Å². The summed E-state index contributed by atoms with van der Waals surface area (Å²) in [4.78, 5) is 18.9. The summed E-state index contributed by atoms with van der Waals surface area (Å²) in [5.41, 5.74) is 0.00627. The number of ether oxygens (including phenoxy) is 1. The van der Waals surface area contributed by atoms with Gasteiger partial charge in [-0.15, -0.1) is 5.10 Å². The number of alkyl halides is 3. The van der Waals surface area contributed by atoms with Crippen molar-refractivity contribution in [1.29, 1.82) is 0 Å². The summed E-state index contributed by atoms with van der Waals surface area (Å²) in [6, 6.07) is 13.7. The zero-order chi connectivity index (χ0) is 21.3. The highest BCUT2D eigenvalue weighted by Crippen LogP contribution is 2.31. The molecule has 0 bridgehead atoms. The quantitative estimate of drug-likeness (QED) is 0.652. The molecule has 1 unspecified atom stereocenters. The van der Waals surface area contributed by atoms with Gasteiger partial charge in [0.25, 0.3) is 5.91 Å². The van der Waals surface area contributed by atoms with Crippen molar-refractivity contribution in [3.05, 3.63) is 66.0 Å². The van der Waals surface area contributed by atoms with Gasteiger partial charge in [-0.3, -0.25) is 4.79 Å². The average Bonchev–Trinajstić information content (AvgIpc) is 3.19. The molecule has 1 aromatic heterocycles. The predicted octanol–water partition coefficient (Wildman–Crippen LogP) is 3.81. The van der Waals surface area contributed by atoms with Gasteiger partial charge in [0.05, 0.1) is 24.0 Å². The highest BCUT2D eigenvalue weighted by Gasteiger charge is 2.31. The van der Waals surface area contributed by atoms with Crippen LogP contribution in [-0.2, 0) is 10.9 Å². The number of benzene rings is 2. The third kappa shape index (κ3) is 4.06. The first kappa shape index (κ1) is 20.1. The highest BCUT2D eigenvalue weighted by molar-refractivity contribution is 5.91. The Morgan fingerprint density at radius 2 is 1.90 bits per heavy atom. The van der Waals surface area contributed by atoms with E-state index in [9.17, 15) is 18.0 Å². The Hall–Kier alpha value is -3.20. The minimum atomic E-state index is -4.49. The van der Waals surface area contributed by atoms with Crippen molar-refractivity contribution >= 4 is 5.91 Å². The second-order valence-electron chi connectivity index (χ2n) is 7.02. The molecule has 0 spiro atoms. The van der Waals surface area contributed by atoms with E-state index in [1.54, 1.807) is 29.2 Å². The molecule has 1 aliphatic heterocycles. The molecule has 1 amide bonds. The Bertz CT molecular complexity index is 1050. The van der Waals surface area contributed by atoms with Crippen molar-refractivity contribution in [2.24, 2.45) is 0 Å². The maximum absolute atomic E-state index is 13.2. The first-order valence-electron chi connectivity index (χ1n) is 9.44. The highest BCUT2D eigenvalue weighted by atomic mass is 19.4. The number of aromatic nitrogens is 3. The molecule has 30 heavy (non-hydrogen) atoms. The van der Waals surface area contributed by atoms with E-state index in [4.69, 9.17) is 4.74 Å². The first-order chi connectivity index (χ1) is 14.3. The lowest BCUT2D eigenvalue weighted by atomic mass is 10.2. The zero-order valence-electron chi connectivity index (χ0n) is 16.1. The van der Waals surface area contributed by atoms with Gasteiger partial charge in [0.15, 0.2) is 5.82 Å². The summed E-state index contributed by atoms with van der Waals surface area (Å²) in [7, 11) is 0. The molecule has 0 radical (unpaired) electrons. The third-order valence-corrected chi connectivity index (χ3v) is 4.78. The van der Waals surface area contributed by atoms with E-state index in [0.29, 0.717) is 31.1 Å². The van der Waals surface area contributed by atoms with Crippen molar-refractivity contribution in [3.8, 4) is 17.1 Å². The molecule has 6 nitrogen and oxygen atoms in total. The van der Waals surface area contributed by atoms with E-state index >= 15 is 0 Å². The van der Waals surface area contributed by atoms with Gasteiger partial charge in [-0.25, -0.2) is 9.67 Å². The molecule has 1 fully saturated rings. The lowest BCUT2D eigenvalue weighted by Crippen LogP contribution is -2.44. The average molecular weight is 416 g/mol. The topological polar surface area (TPSA) is 60.2 Å². The third-order valence-electron chi connectivity index (χ3n) is 4.78. The molecule has 3 aromatic rings. The van der Waals surface area contributed by atoms with Gasteiger partial charge in [0.2, 0.25) is 5.82 Å². The Morgan fingerprint density at radius 1 is 1.13 bits per heavy atom. The second kappa shape index (κ2) is 7.91. The van der Waals surface area contributed by atoms with Crippen LogP contribution in [0.15, 0.2) is 54.6 Å². The van der Waals surface area contributed by atoms with Crippen molar-refractivity contribution < 1.29 is 22.7 Å². The number of hydrogen-bond acceptors (Lipinski definition) is 4. The molecule has 1 atom stereocenters. The molecule has 9 heteroatoms. The van der Waals surface area contributed by atoms with Crippen molar-refractivity contribution in [2.45, 2.75) is 19.2 Å². The van der Waals surface area contributed by atoms with E-state index in [1.807, 2.05) is 13.0 Å². The summed E-state index contributed by atoms with van der Waals surface area (Å²) in [6.45, 7) is 3.08. The summed E-state index contributed by atoms with van der Waals surface area (Å²) in [6.07, 6.45) is -4.60. The molecular weight excluding hydrogens is 397 g/mol. The summed E-state index contributed by atoms with van der Waals surface area (Å²) < 4.78 is 46.3. The number of halogens is 3. The molecule has 1 saturated heterocycles. The van der Waals surface area contributed by atoms with Crippen LogP contribution in [0.5, 0.6) is 0 Å². The Kier molecular flexibility index (Phi) is 5.29. The Morgan fingerprint density at radius 3 is 2.60 bits per heavy atom. The lowest BCUT2D eigenvalue weighted by molar-refractivity contribution is -0.137. The first-order valence-corrected chi connectivity index (χ1v) is 9.44. The number of amides is 1. The summed E-state index contributed by atoms with van der Waals surface area (Å²) in [5, 5.41) is 4.29. The van der Waals surface area contributed by atoms with Crippen LogP contribution in [-0.4, -0.2) is 51.4 Å². The lowest BCUT2D eigenvalue weighted by Gasteiger charge is -2.30. The Balaban J connectivity index is 1.79. The summed E-state index contributed by atoms with van der Waals surface area (Å²) >= 11 is 0. The van der Waals surface area contributed by atoms with Crippen LogP contribution in [0.3, 0.4) is 0 Å². The summed E-state index contributed by atoms with van der Waals surface area (Å²) in [5.74, 6) is -0.159. The normalized spacial score (nSPS) is 17.2. The fourth-order valence-corrected chi connectivity index (χ4v) is 3.32. The number of carbonyl (C=O) groups is 1. The molecular formula is C21H19F3N4O2. The van der Waals surface area contributed by atoms with E-state index in [0.717, 1.165) is 12.1 Å². The molecule has 0 N–H and O–H groups in total. The molecule has 0 aliphatic carbocycles. The van der Waals surface area contributed by atoms with E-state index in [2.05, 4.69) is 10.1 Å². The van der Waals surface area contributed by atoms with Crippen LogP contribution in [0.2, 0.25) is 0 Å². The van der Waals surface area contributed by atoms with Crippen molar-refractivity contribution in [3.63, 3.8) is 0 Å². The van der Waals surface area contributed by atoms with E-state index in [-0.39, 0.29) is 23.5 Å². The van der Waals surface area contributed by atoms with E-state index < -0.39 is 11.7 Å². The van der Waals surface area contributed by atoms with Crippen LogP contribution in [0.25, 0.3) is 17.1 Å². The monoisotopic (exact) mass is 416 g/mol. The molecule has 0 saturated carbocycles. The van der Waals surface area contributed by atoms with Gasteiger partial charge in [-0.1, -0.05) is 36.4 Å². The van der Waals surface area contributed by atoms with Gasteiger partial charge < -0.3 is 9.64 Å². The molecule has 156 valence electrons. The number of nitrogens with zero attached hydrogens (tertiary/aromatic N) is 4. The molecule has 1 aliphatic rings. The molecule has 2 aromatic carbocycles. The standard InChI is InChI=1S/C21H19F3N4O2/c1-14-13-27(10-11-30-14)20(29)18-25-19(15-6-3-2-4-7-15)28(26-18)17-9-5-8-16(12-17)21(22,23)24/h2-9,12,14H,10-11,13H2,1H3. The zero-order valence-corrected chi connectivity index (χ0v) is 16.1. The fourth-order valence-electron chi connectivity index (χ4n) is 3.32. The SMILES string of the molecule is CC1CN(C(=O)c2nc(-c3ccccc3)n(-c3cccc(C(F)(F)F)c3)n2)CCO1. The van der Waals surface area contributed by atoms with Gasteiger partial charge in [-0.05, 0) is 25.1 Å². The minimum absolute atomic E-state index is 0.0691. The number of carbonyl (C=O) groups excluding carboxylic acids is 1. The van der Waals surface area contributed by atoms with Crippen LogP contribution in [0, 0.1) is 0 Å². The van der Waals surface area contributed by atoms with Crippen LogP contribution >= 0.6 is 0 Å². The van der Waals surface area contributed by atoms with Gasteiger partial charge in [-0.2, -0.15) is 13.2 Å². The maximum atomic E-state index is 13.2. The molecule has 2 heterocycles. The Labute approximate surface area is 170 Å². The smallest absolute Gasteiger partial charge is 0.375 e. The van der Waals surface area contributed by atoms with Gasteiger partial charge in [0, 0.05) is 18.7 Å². The maximum Gasteiger partial charge on any atom is 0.416 e. The minimum Gasteiger partial charge on any atom is -0.375 e. The predicted molar refractivity (Wildman–Crippen MR) is 103 cm³/mol. The largest absolute Gasteiger partial charge is 0.416 e. The number of hydrogen-bond donors (Lipinski definition) is 0. The number of rotatable bonds is 3. The fraction of sp³-hybridized carbons (Fsp3) is 0.286. The van der Waals surface area contributed by atoms with Crippen molar-refractivity contribution in [2.75, 3.05) is 19.7 Å². The van der Waals surface area contributed by atoms with Gasteiger partial charge in [0.1, 0.15) is 0 Å². The van der Waals surface area contributed by atoms with Gasteiger partial charge >= 0.3 is 6.18 Å².